The lowest BCUT2D eigenvalue weighted by molar-refractivity contribution is 0.147. The molecule has 2 heterocycles. The molecule has 2 N–H and O–H groups in total. The Balaban J connectivity index is 1.53. The van der Waals surface area contributed by atoms with Crippen LogP contribution >= 0.6 is 0 Å². The topological polar surface area (TPSA) is 32.5 Å². The molecular formula is C16H25N3. The van der Waals surface area contributed by atoms with Gasteiger partial charge in [0.1, 0.15) is 0 Å². The Morgan fingerprint density at radius 3 is 2.58 bits per heavy atom. The fourth-order valence-corrected chi connectivity index (χ4v) is 3.46. The lowest BCUT2D eigenvalue weighted by Crippen LogP contribution is -2.37. The second-order valence-electron chi connectivity index (χ2n) is 6.08. The predicted molar refractivity (Wildman–Crippen MR) is 79.8 cm³/mol. The molecule has 3 nitrogen and oxygen atoms in total. The molecule has 3 rings (SSSR count). The smallest absolute Gasteiger partial charge is 0.0317 e. The highest BCUT2D eigenvalue weighted by Crippen LogP contribution is 2.27. The van der Waals surface area contributed by atoms with Crippen LogP contribution in [-0.4, -0.2) is 36.0 Å². The molecule has 1 aromatic carbocycles. The van der Waals surface area contributed by atoms with Gasteiger partial charge in [0.25, 0.3) is 0 Å². The zero-order valence-electron chi connectivity index (χ0n) is 11.9. The maximum atomic E-state index is 5.87. The van der Waals surface area contributed by atoms with Crippen LogP contribution in [0.15, 0.2) is 18.2 Å². The van der Waals surface area contributed by atoms with Gasteiger partial charge >= 0.3 is 0 Å². The van der Waals surface area contributed by atoms with Crippen LogP contribution in [0.3, 0.4) is 0 Å². The molecule has 1 fully saturated rings. The van der Waals surface area contributed by atoms with E-state index in [1.54, 1.807) is 0 Å². The summed E-state index contributed by atoms with van der Waals surface area (Å²) in [5, 5.41) is 0. The van der Waals surface area contributed by atoms with Gasteiger partial charge in [0.15, 0.2) is 0 Å². The normalized spacial score (nSPS) is 21.7. The van der Waals surface area contributed by atoms with Gasteiger partial charge in [-0.2, -0.15) is 0 Å². The summed E-state index contributed by atoms with van der Waals surface area (Å²) in [6, 6.07) is 6.38. The maximum Gasteiger partial charge on any atom is 0.0317 e. The first-order valence-corrected chi connectivity index (χ1v) is 7.56. The monoisotopic (exact) mass is 259 g/mol. The number of hydrogen-bond donors (Lipinski definition) is 1. The van der Waals surface area contributed by atoms with E-state index >= 15 is 0 Å². The molecule has 104 valence electrons. The molecular weight excluding hydrogens is 234 g/mol. The van der Waals surface area contributed by atoms with Gasteiger partial charge in [0.2, 0.25) is 0 Å². The van der Waals surface area contributed by atoms with Crippen molar-refractivity contribution in [3.8, 4) is 0 Å². The van der Waals surface area contributed by atoms with Crippen LogP contribution in [0.2, 0.25) is 0 Å². The molecule has 2 aliphatic rings. The van der Waals surface area contributed by atoms with Crippen molar-refractivity contribution in [1.29, 1.82) is 0 Å². The minimum atomic E-state index is 0.884. The van der Waals surface area contributed by atoms with Gasteiger partial charge in [0, 0.05) is 25.3 Å². The first-order chi connectivity index (χ1) is 9.24. The van der Waals surface area contributed by atoms with Crippen LogP contribution < -0.4 is 5.73 Å². The van der Waals surface area contributed by atoms with E-state index in [1.165, 1.54) is 50.1 Å². The number of fused-ring (bicyclic) bond motifs is 1. The van der Waals surface area contributed by atoms with Crippen LogP contribution in [-0.2, 0) is 13.1 Å². The summed E-state index contributed by atoms with van der Waals surface area (Å²) in [6.07, 6.45) is 2.73. The van der Waals surface area contributed by atoms with Gasteiger partial charge in [-0.15, -0.1) is 0 Å². The first-order valence-electron chi connectivity index (χ1n) is 7.56. The van der Waals surface area contributed by atoms with Gasteiger partial charge in [-0.05, 0) is 61.7 Å². The number of benzene rings is 1. The third kappa shape index (κ3) is 2.93. The second kappa shape index (κ2) is 5.51. The van der Waals surface area contributed by atoms with Gasteiger partial charge in [-0.3, -0.25) is 4.90 Å². The third-order valence-corrected chi connectivity index (χ3v) is 4.69. The van der Waals surface area contributed by atoms with Crippen LogP contribution in [0.4, 0.5) is 5.69 Å². The molecule has 0 atom stereocenters. The number of anilines is 1. The summed E-state index contributed by atoms with van der Waals surface area (Å²) in [5.41, 5.74) is 9.68. The van der Waals surface area contributed by atoms with E-state index < -0.39 is 0 Å². The Morgan fingerprint density at radius 2 is 1.84 bits per heavy atom. The van der Waals surface area contributed by atoms with E-state index in [1.807, 2.05) is 6.07 Å². The Kier molecular flexibility index (Phi) is 3.76. The minimum Gasteiger partial charge on any atom is -0.399 e. The Morgan fingerprint density at radius 1 is 1.11 bits per heavy atom. The molecule has 0 saturated carbocycles. The van der Waals surface area contributed by atoms with E-state index in [4.69, 9.17) is 5.73 Å². The summed E-state index contributed by atoms with van der Waals surface area (Å²) in [7, 11) is 0. The average molecular weight is 259 g/mol. The molecule has 0 aromatic heterocycles. The number of rotatable bonds is 3. The highest BCUT2D eigenvalue weighted by Gasteiger charge is 2.24. The van der Waals surface area contributed by atoms with Crippen molar-refractivity contribution in [3.05, 3.63) is 29.3 Å². The molecule has 0 bridgehead atoms. The lowest BCUT2D eigenvalue weighted by atomic mass is 9.96. The SMILES string of the molecule is CCN1CCC(CN2Cc3ccc(N)cc3C2)CC1. The maximum absolute atomic E-state index is 5.87. The van der Waals surface area contributed by atoms with Crippen molar-refractivity contribution < 1.29 is 0 Å². The largest absolute Gasteiger partial charge is 0.399 e. The Labute approximate surface area is 116 Å². The van der Waals surface area contributed by atoms with Gasteiger partial charge in [-0.25, -0.2) is 0 Å². The van der Waals surface area contributed by atoms with Gasteiger partial charge < -0.3 is 10.6 Å². The van der Waals surface area contributed by atoms with E-state index in [0.717, 1.165) is 24.7 Å². The summed E-state index contributed by atoms with van der Waals surface area (Å²) in [6.45, 7) is 9.51. The lowest BCUT2D eigenvalue weighted by Gasteiger charge is -2.33. The van der Waals surface area contributed by atoms with Crippen LogP contribution in [0.25, 0.3) is 0 Å². The quantitative estimate of drug-likeness (QED) is 0.846. The van der Waals surface area contributed by atoms with E-state index in [-0.39, 0.29) is 0 Å². The molecule has 2 aliphatic heterocycles. The highest BCUT2D eigenvalue weighted by atomic mass is 15.2. The second-order valence-corrected chi connectivity index (χ2v) is 6.08. The third-order valence-electron chi connectivity index (χ3n) is 4.69. The average Bonchev–Trinajstić information content (AvgIpc) is 2.81. The predicted octanol–water partition coefficient (Wildman–Crippen LogP) is 2.32. The van der Waals surface area contributed by atoms with Crippen LogP contribution in [0, 0.1) is 5.92 Å². The number of piperidine rings is 1. The molecule has 1 saturated heterocycles. The fraction of sp³-hybridized carbons (Fsp3) is 0.625. The zero-order chi connectivity index (χ0) is 13.2. The van der Waals surface area contributed by atoms with Crippen molar-refractivity contribution >= 4 is 5.69 Å². The molecule has 19 heavy (non-hydrogen) atoms. The van der Waals surface area contributed by atoms with Crippen LogP contribution in [0.1, 0.15) is 30.9 Å². The van der Waals surface area contributed by atoms with Crippen molar-refractivity contribution in [2.75, 3.05) is 31.9 Å². The summed E-state index contributed by atoms with van der Waals surface area (Å²) >= 11 is 0. The van der Waals surface area contributed by atoms with Crippen molar-refractivity contribution in [2.45, 2.75) is 32.9 Å². The van der Waals surface area contributed by atoms with Crippen molar-refractivity contribution in [3.63, 3.8) is 0 Å². The number of likely N-dealkylation sites (tertiary alicyclic amines) is 1. The standard InChI is InChI=1S/C16H25N3/c1-2-18-7-5-13(6-8-18)10-19-11-14-3-4-16(17)9-15(14)12-19/h3-4,9,13H,2,5-8,10-12,17H2,1H3. The van der Waals surface area contributed by atoms with Crippen molar-refractivity contribution in [2.24, 2.45) is 5.92 Å². The highest BCUT2D eigenvalue weighted by molar-refractivity contribution is 5.46. The van der Waals surface area contributed by atoms with Crippen LogP contribution in [0.5, 0.6) is 0 Å². The van der Waals surface area contributed by atoms with Gasteiger partial charge in [-0.1, -0.05) is 13.0 Å². The first kappa shape index (κ1) is 12.9. The molecule has 3 heteroatoms. The van der Waals surface area contributed by atoms with E-state index in [9.17, 15) is 0 Å². The summed E-state index contributed by atoms with van der Waals surface area (Å²) in [5.74, 6) is 0.884. The van der Waals surface area contributed by atoms with Crippen molar-refractivity contribution in [1.82, 2.24) is 9.80 Å². The Bertz CT molecular complexity index is 436. The van der Waals surface area contributed by atoms with Gasteiger partial charge in [0.05, 0.1) is 0 Å². The van der Waals surface area contributed by atoms with E-state index in [0.29, 0.717) is 0 Å². The molecule has 0 unspecified atom stereocenters. The zero-order valence-corrected chi connectivity index (χ0v) is 11.9. The number of hydrogen-bond acceptors (Lipinski definition) is 3. The number of nitrogen functional groups attached to an aromatic ring is 1. The number of nitrogens with two attached hydrogens (primary N) is 1. The van der Waals surface area contributed by atoms with E-state index in [2.05, 4.69) is 28.9 Å². The molecule has 0 radical (unpaired) electrons. The molecule has 1 aromatic rings. The number of nitrogens with zero attached hydrogens (tertiary/aromatic N) is 2. The summed E-state index contributed by atoms with van der Waals surface area (Å²) < 4.78 is 0. The molecule has 0 spiro atoms. The summed E-state index contributed by atoms with van der Waals surface area (Å²) in [4.78, 5) is 5.16. The molecule has 0 aliphatic carbocycles. The fourth-order valence-electron chi connectivity index (χ4n) is 3.46. The molecule has 0 amide bonds. The Hall–Kier alpha value is -1.06. The minimum absolute atomic E-state index is 0.884.